The minimum atomic E-state index is -1.02. The van der Waals surface area contributed by atoms with Crippen LogP contribution in [0.3, 0.4) is 0 Å². The zero-order valence-electron chi connectivity index (χ0n) is 22.7. The molecule has 1 aromatic heterocycles. The predicted octanol–water partition coefficient (Wildman–Crippen LogP) is 3.43. The quantitative estimate of drug-likeness (QED) is 0.399. The molecule has 0 unspecified atom stereocenters. The summed E-state index contributed by atoms with van der Waals surface area (Å²) in [6.07, 6.45) is 8.20. The van der Waals surface area contributed by atoms with Gasteiger partial charge in [0, 0.05) is 12.1 Å². The maximum atomic E-state index is 14.3. The number of ether oxygens (including phenoxy) is 3. The Morgan fingerprint density at radius 2 is 1.56 bits per heavy atom. The molecule has 1 atom stereocenters. The molecule has 12 heteroatoms. The summed E-state index contributed by atoms with van der Waals surface area (Å²) in [5.74, 6) is -0.456. The Hall–Kier alpha value is -3.54. The van der Waals surface area contributed by atoms with E-state index in [1.165, 1.54) is 21.3 Å². The Bertz CT molecular complexity index is 1180. The van der Waals surface area contributed by atoms with Gasteiger partial charge in [0.15, 0.2) is 17.2 Å². The van der Waals surface area contributed by atoms with Crippen LogP contribution in [0.5, 0.6) is 17.2 Å². The van der Waals surface area contributed by atoms with Crippen molar-refractivity contribution < 1.29 is 28.6 Å². The lowest BCUT2D eigenvalue weighted by atomic mass is 9.91. The first-order valence-corrected chi connectivity index (χ1v) is 14.1. The third-order valence-corrected chi connectivity index (χ3v) is 8.44. The van der Waals surface area contributed by atoms with Crippen LogP contribution in [0, 0.1) is 0 Å². The van der Waals surface area contributed by atoms with E-state index in [0.717, 1.165) is 69.3 Å². The zero-order chi connectivity index (χ0) is 28.1. The number of nitrogens with one attached hydrogen (secondary N) is 1. The monoisotopic (exact) mass is 559 g/mol. The van der Waals surface area contributed by atoms with Crippen molar-refractivity contribution in [3.63, 3.8) is 0 Å². The van der Waals surface area contributed by atoms with E-state index >= 15 is 0 Å². The van der Waals surface area contributed by atoms with Gasteiger partial charge in [-0.25, -0.2) is 0 Å². The Kier molecular flexibility index (Phi) is 9.16. The maximum Gasteiger partial charge on any atom is 0.270 e. The molecule has 2 aliphatic carbocycles. The highest BCUT2D eigenvalue weighted by Crippen LogP contribution is 2.43. The van der Waals surface area contributed by atoms with Gasteiger partial charge in [-0.15, -0.1) is 0 Å². The predicted molar refractivity (Wildman–Crippen MR) is 147 cm³/mol. The normalized spacial score (nSPS) is 16.9. The van der Waals surface area contributed by atoms with Crippen LogP contribution in [0.2, 0.25) is 0 Å². The number of rotatable bonds is 10. The number of nitrogens with two attached hydrogens (primary N) is 2. The number of hydrogen-bond acceptors (Lipinski definition) is 9. The number of nitrogens with zero attached hydrogens (tertiary/aromatic N) is 2. The van der Waals surface area contributed by atoms with Crippen molar-refractivity contribution in [1.29, 1.82) is 0 Å². The van der Waals surface area contributed by atoms with Gasteiger partial charge in [-0.2, -0.15) is 4.37 Å². The Morgan fingerprint density at radius 1 is 0.974 bits per heavy atom. The maximum absolute atomic E-state index is 14.3. The summed E-state index contributed by atoms with van der Waals surface area (Å²) < 4.78 is 20.7. The third kappa shape index (κ3) is 5.90. The van der Waals surface area contributed by atoms with Crippen molar-refractivity contribution in [2.45, 2.75) is 75.9 Å². The molecule has 0 bridgehead atoms. The molecule has 2 saturated carbocycles. The van der Waals surface area contributed by atoms with Crippen molar-refractivity contribution >= 4 is 34.9 Å². The van der Waals surface area contributed by atoms with E-state index in [1.807, 2.05) is 0 Å². The minimum absolute atomic E-state index is 0.0280. The number of anilines is 1. The minimum Gasteiger partial charge on any atom is -0.493 e. The molecule has 212 valence electrons. The molecule has 1 heterocycles. The molecule has 5 N–H and O–H groups in total. The molecular formula is C27H37N5O6S. The molecule has 11 nitrogen and oxygen atoms in total. The van der Waals surface area contributed by atoms with E-state index < -0.39 is 17.9 Å². The lowest BCUT2D eigenvalue weighted by Gasteiger charge is -2.40. The van der Waals surface area contributed by atoms with Gasteiger partial charge < -0.3 is 35.9 Å². The van der Waals surface area contributed by atoms with Crippen molar-refractivity contribution in [2.24, 2.45) is 5.73 Å². The average molecular weight is 560 g/mol. The van der Waals surface area contributed by atoms with Crippen LogP contribution in [0.15, 0.2) is 12.1 Å². The summed E-state index contributed by atoms with van der Waals surface area (Å²) >= 11 is 0.815. The highest BCUT2D eigenvalue weighted by atomic mass is 32.1. The first-order chi connectivity index (χ1) is 18.8. The summed E-state index contributed by atoms with van der Waals surface area (Å²) in [7, 11) is 4.51. The second-order valence-corrected chi connectivity index (χ2v) is 10.8. The standard InChI is InChI=1S/C27H37N5O6S/c1-36-18-13-15(14-19(37-2)23(18)38-3)22(26(34)30-16-9-7-8-10-16)32(17-11-5-4-6-12-17)27(35)24-20(28)21(25(29)33)31-39-24/h13-14,16-17,22H,4-12,28H2,1-3H3,(H2,29,33)(H,30,34)/t22-/m1/s1. The summed E-state index contributed by atoms with van der Waals surface area (Å²) in [6, 6.07) is 2.18. The number of hydrogen-bond donors (Lipinski definition) is 3. The van der Waals surface area contributed by atoms with Crippen LogP contribution in [-0.4, -0.2) is 60.4 Å². The first kappa shape index (κ1) is 28.5. The lowest BCUT2D eigenvalue weighted by Crippen LogP contribution is -2.50. The van der Waals surface area contributed by atoms with Crippen LogP contribution < -0.4 is 31.0 Å². The molecule has 0 aliphatic heterocycles. The van der Waals surface area contributed by atoms with Crippen LogP contribution in [0.1, 0.15) is 89.6 Å². The van der Waals surface area contributed by atoms with E-state index in [1.54, 1.807) is 17.0 Å². The fourth-order valence-electron chi connectivity index (χ4n) is 5.65. The molecule has 0 radical (unpaired) electrons. The number of benzene rings is 1. The number of amides is 3. The van der Waals surface area contributed by atoms with Crippen LogP contribution in [0.25, 0.3) is 0 Å². The zero-order valence-corrected chi connectivity index (χ0v) is 23.5. The van der Waals surface area contributed by atoms with Crippen LogP contribution in [0.4, 0.5) is 5.69 Å². The second-order valence-electron chi connectivity index (χ2n) is 9.99. The number of carbonyl (C=O) groups is 3. The van der Waals surface area contributed by atoms with Crippen molar-refractivity contribution in [2.75, 3.05) is 27.1 Å². The molecule has 1 aromatic carbocycles. The topological polar surface area (TPSA) is 159 Å². The average Bonchev–Trinajstić information content (AvgIpc) is 3.60. The summed E-state index contributed by atoms with van der Waals surface area (Å²) in [5, 5.41) is 3.18. The molecular weight excluding hydrogens is 522 g/mol. The van der Waals surface area contributed by atoms with Gasteiger partial charge in [-0.05, 0) is 54.9 Å². The summed E-state index contributed by atoms with van der Waals surface area (Å²) in [5.41, 5.74) is 11.9. The van der Waals surface area contributed by atoms with Crippen LogP contribution >= 0.6 is 11.5 Å². The lowest BCUT2D eigenvalue weighted by molar-refractivity contribution is -0.127. The van der Waals surface area contributed by atoms with Crippen LogP contribution in [-0.2, 0) is 4.79 Å². The summed E-state index contributed by atoms with van der Waals surface area (Å²) in [6.45, 7) is 0. The molecule has 4 rings (SSSR count). The van der Waals surface area contributed by atoms with Crippen molar-refractivity contribution in [3.05, 3.63) is 28.3 Å². The van der Waals surface area contributed by atoms with Crippen molar-refractivity contribution in [1.82, 2.24) is 14.6 Å². The van der Waals surface area contributed by atoms with E-state index in [0.29, 0.717) is 22.8 Å². The number of nitrogen functional groups attached to an aromatic ring is 1. The van der Waals surface area contributed by atoms with Gasteiger partial charge in [0.1, 0.15) is 10.9 Å². The highest BCUT2D eigenvalue weighted by Gasteiger charge is 2.41. The number of primary amides is 1. The molecule has 2 aromatic rings. The Morgan fingerprint density at radius 3 is 2.08 bits per heavy atom. The van der Waals surface area contributed by atoms with E-state index in [-0.39, 0.29) is 34.2 Å². The highest BCUT2D eigenvalue weighted by molar-refractivity contribution is 7.09. The molecule has 3 amide bonds. The Balaban J connectivity index is 1.87. The second kappa shape index (κ2) is 12.5. The molecule has 0 spiro atoms. The van der Waals surface area contributed by atoms with Gasteiger partial charge in [0.05, 0.1) is 27.0 Å². The first-order valence-electron chi connectivity index (χ1n) is 13.3. The summed E-state index contributed by atoms with van der Waals surface area (Å²) in [4.78, 5) is 42.0. The van der Waals surface area contributed by atoms with E-state index in [9.17, 15) is 14.4 Å². The largest absolute Gasteiger partial charge is 0.493 e. The fourth-order valence-corrected chi connectivity index (χ4v) is 6.40. The third-order valence-electron chi connectivity index (χ3n) is 7.59. The molecule has 0 saturated heterocycles. The van der Waals surface area contributed by atoms with Gasteiger partial charge >= 0.3 is 0 Å². The smallest absolute Gasteiger partial charge is 0.270 e. The molecule has 2 aliphatic rings. The SMILES string of the molecule is COc1cc([C@H](C(=O)NC2CCCC2)N(C(=O)c2snc(C(N)=O)c2N)C2CCCCC2)cc(OC)c1OC. The number of carbonyl (C=O) groups excluding carboxylic acids is 3. The number of methoxy groups -OCH3 is 3. The van der Waals surface area contributed by atoms with Gasteiger partial charge in [-0.3, -0.25) is 14.4 Å². The Labute approximate surface area is 232 Å². The van der Waals surface area contributed by atoms with Gasteiger partial charge in [0.25, 0.3) is 11.8 Å². The molecule has 39 heavy (non-hydrogen) atoms. The van der Waals surface area contributed by atoms with Gasteiger partial charge in [0.2, 0.25) is 11.7 Å². The van der Waals surface area contributed by atoms with Gasteiger partial charge in [-0.1, -0.05) is 32.1 Å². The number of aromatic nitrogens is 1. The van der Waals surface area contributed by atoms with E-state index in [2.05, 4.69) is 9.69 Å². The van der Waals surface area contributed by atoms with E-state index in [4.69, 9.17) is 25.7 Å². The molecule has 2 fully saturated rings. The fraction of sp³-hybridized carbons (Fsp3) is 0.556. The van der Waals surface area contributed by atoms with Crippen molar-refractivity contribution in [3.8, 4) is 17.2 Å².